The van der Waals surface area contributed by atoms with E-state index in [1.807, 2.05) is 36.4 Å². The van der Waals surface area contributed by atoms with Gasteiger partial charge in [0.1, 0.15) is 12.4 Å². The lowest BCUT2D eigenvalue weighted by atomic mass is 10.2. The Morgan fingerprint density at radius 2 is 1.67 bits per heavy atom. The summed E-state index contributed by atoms with van der Waals surface area (Å²) < 4.78 is 33.2. The molecule has 1 heterocycles. The molecule has 0 saturated carbocycles. The third-order valence-corrected chi connectivity index (χ3v) is 6.17. The van der Waals surface area contributed by atoms with Crippen LogP contribution in [0.4, 0.5) is 0 Å². The third-order valence-electron chi connectivity index (χ3n) is 4.25. The molecule has 0 amide bonds. The number of halogens is 1. The van der Waals surface area contributed by atoms with Crippen molar-refractivity contribution < 1.29 is 13.2 Å². The van der Waals surface area contributed by atoms with E-state index in [1.165, 1.54) is 22.3 Å². The van der Waals surface area contributed by atoms with Gasteiger partial charge >= 0.3 is 0 Å². The lowest BCUT2D eigenvalue weighted by molar-refractivity contribution is 0.310. The summed E-state index contributed by atoms with van der Waals surface area (Å²) in [7, 11) is -3.75. The Balaban J connectivity index is 1.72. The van der Waals surface area contributed by atoms with Gasteiger partial charge in [0.25, 0.3) is 10.0 Å². The first-order chi connectivity index (χ1) is 13.1. The van der Waals surface area contributed by atoms with Crippen LogP contribution in [-0.4, -0.2) is 12.4 Å². The summed E-state index contributed by atoms with van der Waals surface area (Å²) in [6.45, 7) is 0.409. The van der Waals surface area contributed by atoms with E-state index in [0.29, 0.717) is 22.9 Å². The largest absolute Gasteiger partial charge is 0.488 e. The van der Waals surface area contributed by atoms with Gasteiger partial charge in [0, 0.05) is 16.6 Å². The quantitative estimate of drug-likeness (QED) is 0.470. The molecule has 0 aliphatic rings. The van der Waals surface area contributed by atoms with Crippen LogP contribution >= 0.6 is 11.6 Å². The predicted octanol–water partition coefficient (Wildman–Crippen LogP) is 5.11. The highest BCUT2D eigenvalue weighted by Crippen LogP contribution is 2.30. The van der Waals surface area contributed by atoms with E-state index >= 15 is 0 Å². The Kier molecular flexibility index (Phi) is 4.64. The fourth-order valence-electron chi connectivity index (χ4n) is 2.93. The Morgan fingerprint density at radius 3 is 2.44 bits per heavy atom. The van der Waals surface area contributed by atoms with E-state index in [1.54, 1.807) is 30.3 Å². The summed E-state index contributed by atoms with van der Waals surface area (Å²) in [6, 6.07) is 23.2. The van der Waals surface area contributed by atoms with Crippen molar-refractivity contribution in [1.82, 2.24) is 3.97 Å². The minimum Gasteiger partial charge on any atom is -0.488 e. The van der Waals surface area contributed by atoms with E-state index in [9.17, 15) is 8.42 Å². The molecule has 0 aliphatic carbocycles. The van der Waals surface area contributed by atoms with Crippen LogP contribution in [0.3, 0.4) is 0 Å². The number of aromatic nitrogens is 1. The zero-order valence-electron chi connectivity index (χ0n) is 14.2. The Labute approximate surface area is 162 Å². The van der Waals surface area contributed by atoms with Gasteiger partial charge in [-0.2, -0.15) is 0 Å². The Morgan fingerprint density at radius 1 is 0.889 bits per heavy atom. The van der Waals surface area contributed by atoms with Crippen LogP contribution in [0.2, 0.25) is 5.02 Å². The van der Waals surface area contributed by atoms with Crippen molar-refractivity contribution in [2.75, 3.05) is 0 Å². The van der Waals surface area contributed by atoms with Gasteiger partial charge in [0.2, 0.25) is 0 Å². The van der Waals surface area contributed by atoms with Gasteiger partial charge in [-0.3, -0.25) is 0 Å². The molecule has 0 unspecified atom stereocenters. The molecule has 0 bridgehead atoms. The Hall–Kier alpha value is -2.76. The first-order valence-electron chi connectivity index (χ1n) is 8.34. The second-order valence-electron chi connectivity index (χ2n) is 6.04. The highest BCUT2D eigenvalue weighted by atomic mass is 35.5. The SMILES string of the molecule is O=S(=O)(c1cccc(Cl)c1)n1ccc2c(OCc3ccccc3)cccc21. The predicted molar refractivity (Wildman–Crippen MR) is 107 cm³/mol. The van der Waals surface area contributed by atoms with E-state index < -0.39 is 10.0 Å². The van der Waals surface area contributed by atoms with E-state index in [-0.39, 0.29) is 4.90 Å². The average Bonchev–Trinajstić information content (AvgIpc) is 3.13. The average molecular weight is 398 g/mol. The molecular weight excluding hydrogens is 382 g/mol. The molecule has 27 heavy (non-hydrogen) atoms. The van der Waals surface area contributed by atoms with Gasteiger partial charge in [-0.25, -0.2) is 12.4 Å². The molecule has 136 valence electrons. The molecule has 0 spiro atoms. The number of ether oxygens (including phenoxy) is 1. The monoisotopic (exact) mass is 397 g/mol. The van der Waals surface area contributed by atoms with Gasteiger partial charge in [-0.1, -0.05) is 54.1 Å². The van der Waals surface area contributed by atoms with Crippen molar-refractivity contribution in [1.29, 1.82) is 0 Å². The van der Waals surface area contributed by atoms with E-state index in [4.69, 9.17) is 16.3 Å². The zero-order valence-corrected chi connectivity index (χ0v) is 15.8. The van der Waals surface area contributed by atoms with E-state index in [0.717, 1.165) is 10.9 Å². The maximum absolute atomic E-state index is 13.0. The second-order valence-corrected chi connectivity index (χ2v) is 8.29. The van der Waals surface area contributed by atoms with Crippen LogP contribution in [0.15, 0.2) is 90.0 Å². The van der Waals surface area contributed by atoms with Gasteiger partial charge in [-0.05, 0) is 42.0 Å². The van der Waals surface area contributed by atoms with Crippen molar-refractivity contribution >= 4 is 32.5 Å². The van der Waals surface area contributed by atoms with E-state index in [2.05, 4.69) is 0 Å². The van der Waals surface area contributed by atoms with Crippen LogP contribution in [-0.2, 0) is 16.6 Å². The normalized spacial score (nSPS) is 11.6. The summed E-state index contributed by atoms with van der Waals surface area (Å²) in [5.41, 5.74) is 1.60. The maximum atomic E-state index is 13.0. The zero-order chi connectivity index (χ0) is 18.9. The van der Waals surface area contributed by atoms with Crippen molar-refractivity contribution in [2.24, 2.45) is 0 Å². The molecule has 4 nitrogen and oxygen atoms in total. The van der Waals surface area contributed by atoms with Gasteiger partial charge in [0.05, 0.1) is 10.4 Å². The highest BCUT2D eigenvalue weighted by molar-refractivity contribution is 7.90. The highest BCUT2D eigenvalue weighted by Gasteiger charge is 2.20. The second kappa shape index (κ2) is 7.10. The summed E-state index contributed by atoms with van der Waals surface area (Å²) in [5, 5.41) is 1.11. The van der Waals surface area contributed by atoms with Gasteiger partial charge in [-0.15, -0.1) is 0 Å². The molecule has 0 fully saturated rings. The summed E-state index contributed by atoms with van der Waals surface area (Å²) in [5.74, 6) is 0.636. The minimum atomic E-state index is -3.75. The molecule has 0 atom stereocenters. The number of rotatable bonds is 5. The lowest BCUT2D eigenvalue weighted by Gasteiger charge is -2.10. The maximum Gasteiger partial charge on any atom is 0.268 e. The standard InChI is InChI=1S/C21H16ClNO3S/c22-17-8-4-9-18(14-17)27(24,25)23-13-12-19-20(23)10-5-11-21(19)26-15-16-6-2-1-3-7-16/h1-14H,15H2. The Bertz CT molecular complexity index is 1200. The van der Waals surface area contributed by atoms with Crippen molar-refractivity contribution in [3.63, 3.8) is 0 Å². The molecule has 1 aromatic heterocycles. The van der Waals surface area contributed by atoms with Gasteiger partial charge < -0.3 is 4.74 Å². The minimum absolute atomic E-state index is 0.142. The van der Waals surface area contributed by atoms with Crippen LogP contribution in [0, 0.1) is 0 Å². The van der Waals surface area contributed by atoms with Crippen LogP contribution in [0.25, 0.3) is 10.9 Å². The van der Waals surface area contributed by atoms with Crippen LogP contribution in [0.5, 0.6) is 5.75 Å². The molecule has 4 rings (SSSR count). The topological polar surface area (TPSA) is 48.3 Å². The summed E-state index contributed by atoms with van der Waals surface area (Å²) in [4.78, 5) is 0.142. The first-order valence-corrected chi connectivity index (χ1v) is 10.2. The lowest BCUT2D eigenvalue weighted by Crippen LogP contribution is -2.11. The fraction of sp³-hybridized carbons (Fsp3) is 0.0476. The number of fused-ring (bicyclic) bond motifs is 1. The van der Waals surface area contributed by atoms with Crippen molar-refractivity contribution in [3.8, 4) is 5.75 Å². The summed E-state index contributed by atoms with van der Waals surface area (Å²) in [6.07, 6.45) is 1.54. The molecule has 6 heteroatoms. The molecule has 0 N–H and O–H groups in total. The molecule has 0 aliphatic heterocycles. The molecule has 0 radical (unpaired) electrons. The molecular formula is C21H16ClNO3S. The van der Waals surface area contributed by atoms with Gasteiger partial charge in [0.15, 0.2) is 0 Å². The smallest absolute Gasteiger partial charge is 0.268 e. The third kappa shape index (κ3) is 3.44. The first kappa shape index (κ1) is 17.6. The fourth-order valence-corrected chi connectivity index (χ4v) is 4.57. The number of hydrogen-bond acceptors (Lipinski definition) is 3. The number of nitrogens with zero attached hydrogens (tertiary/aromatic N) is 1. The number of benzene rings is 3. The molecule has 4 aromatic rings. The van der Waals surface area contributed by atoms with Crippen molar-refractivity contribution in [2.45, 2.75) is 11.5 Å². The van der Waals surface area contributed by atoms with Crippen LogP contribution in [0.1, 0.15) is 5.56 Å². The van der Waals surface area contributed by atoms with Crippen LogP contribution < -0.4 is 4.74 Å². The molecule has 0 saturated heterocycles. The van der Waals surface area contributed by atoms with Crippen molar-refractivity contribution in [3.05, 3.63) is 95.6 Å². The molecule has 3 aromatic carbocycles. The number of hydrogen-bond donors (Lipinski definition) is 0. The summed E-state index contributed by atoms with van der Waals surface area (Å²) >= 11 is 5.96.